The van der Waals surface area contributed by atoms with Crippen LogP contribution >= 0.6 is 11.6 Å². The Labute approximate surface area is 151 Å². The minimum absolute atomic E-state index is 0.107. The number of likely N-dealkylation sites (tertiary alicyclic amines) is 1. The molecule has 3 rings (SSSR count). The predicted octanol–water partition coefficient (Wildman–Crippen LogP) is 3.62. The van der Waals surface area contributed by atoms with Gasteiger partial charge in [-0.3, -0.25) is 14.6 Å². The minimum Gasteiger partial charge on any atom is -0.339 e. The van der Waals surface area contributed by atoms with E-state index in [0.717, 1.165) is 25.9 Å². The highest BCUT2D eigenvalue weighted by Crippen LogP contribution is 2.24. The normalized spacial score (nSPS) is 14.0. The average Bonchev–Trinajstić information content (AvgIpc) is 3.16. The Balaban J connectivity index is 1.76. The van der Waals surface area contributed by atoms with Gasteiger partial charge in [-0.15, -0.1) is 0 Å². The van der Waals surface area contributed by atoms with Crippen molar-refractivity contribution < 1.29 is 9.59 Å². The number of nitrogens with one attached hydrogen (secondary N) is 1. The van der Waals surface area contributed by atoms with Crippen molar-refractivity contribution in [2.45, 2.75) is 12.8 Å². The number of pyridine rings is 1. The molecule has 5 nitrogen and oxygen atoms in total. The summed E-state index contributed by atoms with van der Waals surface area (Å²) in [5, 5.41) is 3.22. The molecule has 1 fully saturated rings. The molecule has 0 bridgehead atoms. The second-order valence-electron chi connectivity index (χ2n) is 5.77. The Hall–Kier alpha value is -2.66. The van der Waals surface area contributed by atoms with Gasteiger partial charge in [0.1, 0.15) is 0 Å². The summed E-state index contributed by atoms with van der Waals surface area (Å²) >= 11 is 6.04. The molecule has 1 saturated heterocycles. The third-order valence-electron chi connectivity index (χ3n) is 3.96. The molecule has 0 spiro atoms. The van der Waals surface area contributed by atoms with Gasteiger partial charge in [0.05, 0.1) is 16.9 Å². The largest absolute Gasteiger partial charge is 0.339 e. The summed E-state index contributed by atoms with van der Waals surface area (Å²) in [5.41, 5.74) is 1.55. The summed E-state index contributed by atoms with van der Waals surface area (Å²) in [6.45, 7) is 1.47. The first kappa shape index (κ1) is 17.2. The number of nitrogens with zero attached hydrogens (tertiary/aromatic N) is 2. The molecule has 0 radical (unpaired) electrons. The van der Waals surface area contributed by atoms with Crippen LogP contribution in [0.25, 0.3) is 6.08 Å². The number of anilines is 1. The summed E-state index contributed by atoms with van der Waals surface area (Å²) in [4.78, 5) is 30.8. The molecule has 2 heterocycles. The highest BCUT2D eigenvalue weighted by molar-refractivity contribution is 6.31. The van der Waals surface area contributed by atoms with Gasteiger partial charge in [0, 0.05) is 30.4 Å². The van der Waals surface area contributed by atoms with Crippen molar-refractivity contribution >= 4 is 35.2 Å². The lowest BCUT2D eigenvalue weighted by atomic mass is 10.1. The summed E-state index contributed by atoms with van der Waals surface area (Å²) < 4.78 is 0. The molecular weight excluding hydrogens is 338 g/mol. The summed E-state index contributed by atoms with van der Waals surface area (Å²) in [6.07, 6.45) is 6.67. The van der Waals surface area contributed by atoms with Gasteiger partial charge in [-0.25, -0.2) is 0 Å². The molecule has 0 atom stereocenters. The van der Waals surface area contributed by atoms with Crippen molar-refractivity contribution in [2.24, 2.45) is 0 Å². The number of carbonyl (C=O) groups is 2. The van der Waals surface area contributed by atoms with Gasteiger partial charge in [0.15, 0.2) is 0 Å². The minimum atomic E-state index is -0.330. The van der Waals surface area contributed by atoms with E-state index in [1.807, 2.05) is 6.07 Å². The first-order valence-corrected chi connectivity index (χ1v) is 8.50. The molecule has 0 unspecified atom stereocenters. The summed E-state index contributed by atoms with van der Waals surface area (Å²) in [7, 11) is 0. The summed E-state index contributed by atoms with van der Waals surface area (Å²) in [5.74, 6) is -0.438. The van der Waals surface area contributed by atoms with E-state index in [4.69, 9.17) is 11.6 Å². The molecule has 2 aromatic rings. The van der Waals surface area contributed by atoms with Gasteiger partial charge >= 0.3 is 0 Å². The van der Waals surface area contributed by atoms with Crippen LogP contribution in [-0.2, 0) is 4.79 Å². The number of hydrogen-bond acceptors (Lipinski definition) is 3. The number of hydrogen-bond donors (Lipinski definition) is 1. The maximum atomic E-state index is 12.7. The number of halogens is 1. The van der Waals surface area contributed by atoms with Gasteiger partial charge in [-0.2, -0.15) is 0 Å². The molecule has 1 aromatic carbocycles. The van der Waals surface area contributed by atoms with Gasteiger partial charge < -0.3 is 10.2 Å². The fourth-order valence-electron chi connectivity index (χ4n) is 2.70. The Kier molecular flexibility index (Phi) is 5.46. The van der Waals surface area contributed by atoms with Crippen molar-refractivity contribution in [1.29, 1.82) is 0 Å². The lowest BCUT2D eigenvalue weighted by molar-refractivity contribution is -0.111. The fraction of sp³-hybridized carbons (Fsp3) is 0.211. The standard InChI is InChI=1S/C19H18ClN3O2/c20-14-6-8-17(16(13-14)19(25)23-11-3-4-12-23)22-18(24)9-7-15-5-1-2-10-21-15/h1-2,5-10,13H,3-4,11-12H2,(H,22,24)/b9-7+. The molecule has 25 heavy (non-hydrogen) atoms. The number of carbonyl (C=O) groups excluding carboxylic acids is 2. The topological polar surface area (TPSA) is 62.3 Å². The van der Waals surface area contributed by atoms with E-state index in [0.29, 0.717) is 22.0 Å². The first-order valence-electron chi connectivity index (χ1n) is 8.12. The SMILES string of the molecule is O=C(/C=C/c1ccccn1)Nc1ccc(Cl)cc1C(=O)N1CCCC1. The number of benzene rings is 1. The van der Waals surface area contributed by atoms with Crippen molar-refractivity contribution in [1.82, 2.24) is 9.88 Å². The van der Waals surface area contributed by atoms with Gasteiger partial charge in [-0.1, -0.05) is 17.7 Å². The zero-order chi connectivity index (χ0) is 17.6. The Morgan fingerprint density at radius 3 is 2.68 bits per heavy atom. The van der Waals surface area contributed by atoms with Crippen LogP contribution in [0.5, 0.6) is 0 Å². The van der Waals surface area contributed by atoms with E-state index in [1.165, 1.54) is 6.08 Å². The molecule has 1 aliphatic heterocycles. The number of aromatic nitrogens is 1. The van der Waals surface area contributed by atoms with E-state index in [-0.39, 0.29) is 11.8 Å². The smallest absolute Gasteiger partial charge is 0.256 e. The molecule has 1 N–H and O–H groups in total. The van der Waals surface area contributed by atoms with Crippen LogP contribution in [0, 0.1) is 0 Å². The zero-order valence-electron chi connectivity index (χ0n) is 13.6. The maximum Gasteiger partial charge on any atom is 0.256 e. The molecule has 128 valence electrons. The van der Waals surface area contributed by atoms with E-state index >= 15 is 0 Å². The summed E-state index contributed by atoms with van der Waals surface area (Å²) in [6, 6.07) is 10.4. The van der Waals surface area contributed by atoms with Gasteiger partial charge in [-0.05, 0) is 49.2 Å². The number of amides is 2. The van der Waals surface area contributed by atoms with E-state index in [2.05, 4.69) is 10.3 Å². The third kappa shape index (κ3) is 4.45. The number of rotatable bonds is 4. The molecule has 0 saturated carbocycles. The Morgan fingerprint density at radius 2 is 1.96 bits per heavy atom. The van der Waals surface area contributed by atoms with E-state index < -0.39 is 0 Å². The third-order valence-corrected chi connectivity index (χ3v) is 4.19. The predicted molar refractivity (Wildman–Crippen MR) is 98.5 cm³/mol. The van der Waals surface area contributed by atoms with Crippen LogP contribution < -0.4 is 5.32 Å². The molecule has 6 heteroatoms. The van der Waals surface area contributed by atoms with Gasteiger partial charge in [0.25, 0.3) is 5.91 Å². The fourth-order valence-corrected chi connectivity index (χ4v) is 2.88. The van der Waals surface area contributed by atoms with Crippen molar-refractivity contribution in [2.75, 3.05) is 18.4 Å². The zero-order valence-corrected chi connectivity index (χ0v) is 14.4. The van der Waals surface area contributed by atoms with E-state index in [1.54, 1.807) is 47.5 Å². The second-order valence-corrected chi connectivity index (χ2v) is 6.20. The first-order chi connectivity index (χ1) is 12.1. The van der Waals surface area contributed by atoms with Crippen LogP contribution in [0.1, 0.15) is 28.9 Å². The highest BCUT2D eigenvalue weighted by atomic mass is 35.5. The molecular formula is C19H18ClN3O2. The molecule has 0 aliphatic carbocycles. The maximum absolute atomic E-state index is 12.7. The van der Waals surface area contributed by atoms with Crippen LogP contribution in [0.2, 0.25) is 5.02 Å². The van der Waals surface area contributed by atoms with Crippen LogP contribution in [-0.4, -0.2) is 34.8 Å². The Bertz CT molecular complexity index is 800. The van der Waals surface area contributed by atoms with E-state index in [9.17, 15) is 9.59 Å². The van der Waals surface area contributed by atoms with Crippen molar-refractivity contribution in [3.63, 3.8) is 0 Å². The van der Waals surface area contributed by atoms with Crippen LogP contribution in [0.4, 0.5) is 5.69 Å². The second kappa shape index (κ2) is 7.94. The Morgan fingerprint density at radius 1 is 1.16 bits per heavy atom. The lowest BCUT2D eigenvalue weighted by Gasteiger charge is -2.18. The molecule has 2 amide bonds. The van der Waals surface area contributed by atoms with Crippen molar-refractivity contribution in [3.8, 4) is 0 Å². The monoisotopic (exact) mass is 355 g/mol. The molecule has 1 aromatic heterocycles. The van der Waals surface area contributed by atoms with Gasteiger partial charge in [0.2, 0.25) is 5.91 Å². The molecule has 1 aliphatic rings. The van der Waals surface area contributed by atoms with Crippen molar-refractivity contribution in [3.05, 3.63) is 65.0 Å². The van der Waals surface area contributed by atoms with Crippen LogP contribution in [0.3, 0.4) is 0 Å². The van der Waals surface area contributed by atoms with Crippen LogP contribution in [0.15, 0.2) is 48.7 Å². The average molecular weight is 356 g/mol. The lowest BCUT2D eigenvalue weighted by Crippen LogP contribution is -2.28. The highest BCUT2D eigenvalue weighted by Gasteiger charge is 2.22. The quantitative estimate of drug-likeness (QED) is 0.852.